The predicted octanol–water partition coefficient (Wildman–Crippen LogP) is 1.59. The lowest BCUT2D eigenvalue weighted by Gasteiger charge is -2.30. The van der Waals surface area contributed by atoms with Gasteiger partial charge in [-0.3, -0.25) is 4.90 Å². The molecule has 1 aliphatic heterocycles. The number of nitrogens with one attached hydrogen (secondary N) is 1. The molecular formula is C17H20FN7O. The van der Waals surface area contributed by atoms with Crippen LogP contribution in [-0.4, -0.2) is 56.5 Å². The molecule has 0 radical (unpaired) electrons. The molecule has 1 unspecified atom stereocenters. The summed E-state index contributed by atoms with van der Waals surface area (Å²) in [6.45, 7) is 4.54. The van der Waals surface area contributed by atoms with E-state index in [4.69, 9.17) is 4.52 Å². The molecule has 3 heterocycles. The maximum Gasteiger partial charge on any atom is 0.297 e. The summed E-state index contributed by atoms with van der Waals surface area (Å²) in [6, 6.07) is 6.50. The van der Waals surface area contributed by atoms with Crippen molar-refractivity contribution in [3.8, 4) is 17.4 Å². The number of aromatic nitrogens is 5. The molecule has 1 atom stereocenters. The first-order valence-corrected chi connectivity index (χ1v) is 8.63. The summed E-state index contributed by atoms with van der Waals surface area (Å²) in [5.74, 6) is 1.40. The van der Waals surface area contributed by atoms with Gasteiger partial charge in [0.25, 0.3) is 5.89 Å². The summed E-state index contributed by atoms with van der Waals surface area (Å²) in [5.41, 5.74) is 0.346. The van der Waals surface area contributed by atoms with E-state index in [1.54, 1.807) is 18.2 Å². The third-order valence-electron chi connectivity index (χ3n) is 4.51. The molecule has 26 heavy (non-hydrogen) atoms. The summed E-state index contributed by atoms with van der Waals surface area (Å²) >= 11 is 0. The zero-order valence-corrected chi connectivity index (χ0v) is 14.7. The fourth-order valence-electron chi connectivity index (χ4n) is 3.04. The first kappa shape index (κ1) is 16.8. The average molecular weight is 357 g/mol. The van der Waals surface area contributed by atoms with Gasteiger partial charge >= 0.3 is 0 Å². The van der Waals surface area contributed by atoms with Crippen LogP contribution in [0.4, 0.5) is 4.39 Å². The SMILES string of the molecule is CCc1nc(-c2nc(C3CNCCN3C)no2)nn1-c1ccccc1F. The highest BCUT2D eigenvalue weighted by atomic mass is 19.1. The maximum atomic E-state index is 14.1. The molecule has 9 heteroatoms. The maximum absolute atomic E-state index is 14.1. The Hall–Kier alpha value is -2.65. The van der Waals surface area contributed by atoms with Crippen molar-refractivity contribution < 1.29 is 8.91 Å². The first-order chi connectivity index (χ1) is 12.7. The van der Waals surface area contributed by atoms with Crippen LogP contribution < -0.4 is 5.32 Å². The second-order valence-corrected chi connectivity index (χ2v) is 6.23. The first-order valence-electron chi connectivity index (χ1n) is 8.63. The quantitative estimate of drug-likeness (QED) is 0.759. The van der Waals surface area contributed by atoms with Gasteiger partial charge in [0.1, 0.15) is 17.3 Å². The molecule has 8 nitrogen and oxygen atoms in total. The predicted molar refractivity (Wildman–Crippen MR) is 92.2 cm³/mol. The van der Waals surface area contributed by atoms with Crippen LogP contribution in [0.1, 0.15) is 24.6 Å². The molecule has 0 amide bonds. The Labute approximate surface area is 150 Å². The van der Waals surface area contributed by atoms with Crippen molar-refractivity contribution in [2.45, 2.75) is 19.4 Å². The molecule has 0 bridgehead atoms. The fraction of sp³-hybridized carbons (Fsp3) is 0.412. The number of rotatable bonds is 4. The number of halogens is 1. The largest absolute Gasteiger partial charge is 0.330 e. The molecule has 136 valence electrons. The van der Waals surface area contributed by atoms with Gasteiger partial charge in [-0.25, -0.2) is 14.1 Å². The van der Waals surface area contributed by atoms with Gasteiger partial charge in [0.15, 0.2) is 5.82 Å². The van der Waals surface area contributed by atoms with Crippen molar-refractivity contribution in [2.75, 3.05) is 26.7 Å². The second-order valence-electron chi connectivity index (χ2n) is 6.23. The molecule has 0 spiro atoms. The lowest BCUT2D eigenvalue weighted by Crippen LogP contribution is -2.44. The molecule has 1 N–H and O–H groups in total. The average Bonchev–Trinajstić information content (AvgIpc) is 3.29. The highest BCUT2D eigenvalue weighted by Crippen LogP contribution is 2.23. The lowest BCUT2D eigenvalue weighted by molar-refractivity contribution is 0.190. The van der Waals surface area contributed by atoms with Gasteiger partial charge in [-0.15, -0.1) is 5.10 Å². The van der Waals surface area contributed by atoms with Gasteiger partial charge in [0.05, 0.1) is 6.04 Å². The topological polar surface area (TPSA) is 84.9 Å². The molecule has 3 aromatic rings. The summed E-state index contributed by atoms with van der Waals surface area (Å²) < 4.78 is 21.0. The normalized spacial score (nSPS) is 18.3. The molecule has 1 fully saturated rings. The van der Waals surface area contributed by atoms with Crippen molar-refractivity contribution in [1.82, 2.24) is 35.1 Å². The van der Waals surface area contributed by atoms with Crippen LogP contribution in [0.25, 0.3) is 17.4 Å². The van der Waals surface area contributed by atoms with Crippen LogP contribution in [0.15, 0.2) is 28.8 Å². The number of nitrogens with zero attached hydrogens (tertiary/aromatic N) is 6. The summed E-state index contributed by atoms with van der Waals surface area (Å²) in [6.07, 6.45) is 0.595. The molecular weight excluding hydrogens is 337 g/mol. The van der Waals surface area contributed by atoms with Crippen molar-refractivity contribution in [2.24, 2.45) is 0 Å². The standard InChI is InChI=1S/C17H20FN7O/c1-3-14-20-16(22-25(14)12-7-5-4-6-11(12)18)17-21-15(23-26-17)13-10-19-8-9-24(13)2/h4-7,13,19H,3,8-10H2,1-2H3. The Kier molecular flexibility index (Phi) is 4.48. The fourth-order valence-corrected chi connectivity index (χ4v) is 3.04. The molecule has 4 rings (SSSR count). The molecule has 1 aliphatic rings. The van der Waals surface area contributed by atoms with E-state index in [0.717, 1.165) is 19.6 Å². The minimum atomic E-state index is -0.361. The van der Waals surface area contributed by atoms with Gasteiger partial charge in [0.2, 0.25) is 5.82 Å². The van der Waals surface area contributed by atoms with Crippen LogP contribution in [-0.2, 0) is 6.42 Å². The molecule has 2 aromatic heterocycles. The number of para-hydroxylation sites is 1. The minimum absolute atomic E-state index is 0.0422. The summed E-state index contributed by atoms with van der Waals surface area (Å²) in [5, 5.41) is 11.8. The van der Waals surface area contributed by atoms with E-state index in [1.165, 1.54) is 10.7 Å². The minimum Gasteiger partial charge on any atom is -0.330 e. The van der Waals surface area contributed by atoms with Gasteiger partial charge < -0.3 is 9.84 Å². The van der Waals surface area contributed by atoms with Gasteiger partial charge in [0, 0.05) is 26.1 Å². The van der Waals surface area contributed by atoms with Crippen LogP contribution in [0.2, 0.25) is 0 Å². The van der Waals surface area contributed by atoms with E-state index in [-0.39, 0.29) is 17.7 Å². The Morgan fingerprint density at radius 2 is 2.15 bits per heavy atom. The van der Waals surface area contributed by atoms with E-state index in [0.29, 0.717) is 29.6 Å². The van der Waals surface area contributed by atoms with Crippen LogP contribution in [0.3, 0.4) is 0 Å². The summed E-state index contributed by atoms with van der Waals surface area (Å²) in [4.78, 5) is 11.1. The third-order valence-corrected chi connectivity index (χ3v) is 4.51. The number of hydrogen-bond donors (Lipinski definition) is 1. The number of aryl methyl sites for hydroxylation is 1. The van der Waals surface area contributed by atoms with Gasteiger partial charge in [-0.2, -0.15) is 4.98 Å². The Morgan fingerprint density at radius 3 is 2.92 bits per heavy atom. The second kappa shape index (κ2) is 6.93. The van der Waals surface area contributed by atoms with Crippen molar-refractivity contribution in [3.63, 3.8) is 0 Å². The molecule has 0 saturated carbocycles. The highest BCUT2D eigenvalue weighted by Gasteiger charge is 2.27. The van der Waals surface area contributed by atoms with Crippen molar-refractivity contribution >= 4 is 0 Å². The van der Waals surface area contributed by atoms with Gasteiger partial charge in [-0.05, 0) is 19.2 Å². The number of benzene rings is 1. The summed E-state index contributed by atoms with van der Waals surface area (Å²) in [7, 11) is 2.03. The van der Waals surface area contributed by atoms with E-state index >= 15 is 0 Å². The van der Waals surface area contributed by atoms with Crippen molar-refractivity contribution in [3.05, 3.63) is 41.7 Å². The van der Waals surface area contributed by atoms with E-state index in [1.807, 2.05) is 14.0 Å². The number of likely N-dealkylation sites (N-methyl/N-ethyl adjacent to an activating group) is 1. The van der Waals surface area contributed by atoms with Crippen LogP contribution in [0.5, 0.6) is 0 Å². The van der Waals surface area contributed by atoms with E-state index < -0.39 is 0 Å². The zero-order valence-electron chi connectivity index (χ0n) is 14.7. The number of hydrogen-bond acceptors (Lipinski definition) is 7. The van der Waals surface area contributed by atoms with E-state index in [9.17, 15) is 4.39 Å². The molecule has 0 aliphatic carbocycles. The van der Waals surface area contributed by atoms with Crippen LogP contribution >= 0.6 is 0 Å². The lowest BCUT2D eigenvalue weighted by atomic mass is 10.2. The molecule has 1 aromatic carbocycles. The Balaban J connectivity index is 1.68. The third kappa shape index (κ3) is 2.99. The van der Waals surface area contributed by atoms with Gasteiger partial charge in [-0.1, -0.05) is 24.2 Å². The van der Waals surface area contributed by atoms with E-state index in [2.05, 4.69) is 30.4 Å². The molecule has 1 saturated heterocycles. The van der Waals surface area contributed by atoms with Crippen molar-refractivity contribution in [1.29, 1.82) is 0 Å². The Morgan fingerprint density at radius 1 is 1.31 bits per heavy atom. The smallest absolute Gasteiger partial charge is 0.297 e. The van der Waals surface area contributed by atoms with Crippen LogP contribution in [0, 0.1) is 5.82 Å². The monoisotopic (exact) mass is 357 g/mol. The highest BCUT2D eigenvalue weighted by molar-refractivity contribution is 5.42. The Bertz CT molecular complexity index is 906. The zero-order chi connectivity index (χ0) is 18.1. The number of piperazine rings is 1.